The summed E-state index contributed by atoms with van der Waals surface area (Å²) in [4.78, 5) is 35.2. The van der Waals surface area contributed by atoms with Gasteiger partial charge in [-0.05, 0) is 32.1 Å². The summed E-state index contributed by atoms with van der Waals surface area (Å²) in [5, 5.41) is 0. The molecule has 0 radical (unpaired) electrons. The molecule has 0 saturated heterocycles. The molecule has 118 valence electrons. The standard InChI is InChI=1S/C17H20O5/c1-4-14(18)10-15(11-16(19)21-12(2)3)22-17(20)13-8-6-5-7-9-13/h4-9,12,15H,1,10-11H2,2-3H3/t15-/m1/s1. The number of hydrogen-bond donors (Lipinski definition) is 0. The summed E-state index contributed by atoms with van der Waals surface area (Å²) in [5.41, 5.74) is 0.357. The van der Waals surface area contributed by atoms with E-state index in [-0.39, 0.29) is 24.7 Å². The molecule has 1 aromatic rings. The van der Waals surface area contributed by atoms with Gasteiger partial charge >= 0.3 is 11.9 Å². The molecule has 0 aliphatic rings. The molecule has 0 bridgehead atoms. The number of ketones is 1. The van der Waals surface area contributed by atoms with E-state index in [1.54, 1.807) is 44.2 Å². The fourth-order valence-electron chi connectivity index (χ4n) is 1.75. The van der Waals surface area contributed by atoms with Crippen molar-refractivity contribution in [2.45, 2.75) is 38.9 Å². The Hall–Kier alpha value is -2.43. The van der Waals surface area contributed by atoms with Gasteiger partial charge in [0.05, 0.1) is 18.1 Å². The molecule has 0 amide bonds. The molecule has 0 aliphatic heterocycles. The molecule has 0 fully saturated rings. The van der Waals surface area contributed by atoms with Crippen molar-refractivity contribution in [1.29, 1.82) is 0 Å². The molecule has 1 atom stereocenters. The Morgan fingerprint density at radius 2 is 1.73 bits per heavy atom. The number of benzene rings is 1. The zero-order valence-corrected chi connectivity index (χ0v) is 12.8. The summed E-state index contributed by atoms with van der Waals surface area (Å²) in [5.74, 6) is -1.40. The topological polar surface area (TPSA) is 69.7 Å². The summed E-state index contributed by atoms with van der Waals surface area (Å²) in [7, 11) is 0. The Morgan fingerprint density at radius 1 is 1.09 bits per heavy atom. The maximum absolute atomic E-state index is 12.0. The number of carbonyl (C=O) groups excluding carboxylic acids is 3. The van der Waals surface area contributed by atoms with E-state index >= 15 is 0 Å². The predicted molar refractivity (Wildman–Crippen MR) is 81.3 cm³/mol. The second-order valence-corrected chi connectivity index (χ2v) is 5.01. The molecule has 0 N–H and O–H groups in total. The van der Waals surface area contributed by atoms with Crippen LogP contribution in [0.4, 0.5) is 0 Å². The molecular weight excluding hydrogens is 284 g/mol. The molecule has 1 aromatic carbocycles. The van der Waals surface area contributed by atoms with E-state index in [2.05, 4.69) is 6.58 Å². The van der Waals surface area contributed by atoms with Gasteiger partial charge in [-0.1, -0.05) is 24.8 Å². The number of allylic oxidation sites excluding steroid dienone is 1. The molecule has 0 unspecified atom stereocenters. The lowest BCUT2D eigenvalue weighted by Crippen LogP contribution is -2.26. The van der Waals surface area contributed by atoms with Crippen LogP contribution in [0.25, 0.3) is 0 Å². The Balaban J connectivity index is 2.73. The maximum Gasteiger partial charge on any atom is 0.338 e. The number of hydrogen-bond acceptors (Lipinski definition) is 5. The Morgan fingerprint density at radius 3 is 2.27 bits per heavy atom. The molecule has 0 aromatic heterocycles. The van der Waals surface area contributed by atoms with Gasteiger partial charge in [0.25, 0.3) is 0 Å². The third-order valence-corrected chi connectivity index (χ3v) is 2.70. The van der Waals surface area contributed by atoms with Crippen LogP contribution in [0.15, 0.2) is 43.0 Å². The smallest absolute Gasteiger partial charge is 0.338 e. The largest absolute Gasteiger partial charge is 0.463 e. The highest BCUT2D eigenvalue weighted by molar-refractivity contribution is 5.92. The first-order chi connectivity index (χ1) is 10.4. The monoisotopic (exact) mass is 304 g/mol. The van der Waals surface area contributed by atoms with Gasteiger partial charge in [0.2, 0.25) is 0 Å². The van der Waals surface area contributed by atoms with Gasteiger partial charge in [-0.3, -0.25) is 9.59 Å². The zero-order valence-electron chi connectivity index (χ0n) is 12.8. The van der Waals surface area contributed by atoms with Gasteiger partial charge < -0.3 is 9.47 Å². The van der Waals surface area contributed by atoms with Crippen LogP contribution in [-0.2, 0) is 19.1 Å². The highest BCUT2D eigenvalue weighted by atomic mass is 16.6. The van der Waals surface area contributed by atoms with E-state index in [0.29, 0.717) is 5.56 Å². The number of carbonyl (C=O) groups is 3. The fourth-order valence-corrected chi connectivity index (χ4v) is 1.75. The minimum absolute atomic E-state index is 0.102. The molecule has 5 nitrogen and oxygen atoms in total. The SMILES string of the molecule is C=CC(=O)C[C@H](CC(=O)OC(C)C)OC(=O)c1ccccc1. The second kappa shape index (κ2) is 8.77. The van der Waals surface area contributed by atoms with Crippen LogP contribution >= 0.6 is 0 Å². The van der Waals surface area contributed by atoms with Crippen molar-refractivity contribution in [3.8, 4) is 0 Å². The normalized spacial score (nSPS) is 11.6. The summed E-state index contributed by atoms with van der Waals surface area (Å²) in [6.45, 7) is 6.81. The van der Waals surface area contributed by atoms with Gasteiger partial charge in [0.15, 0.2) is 5.78 Å². The van der Waals surface area contributed by atoms with E-state index in [1.165, 1.54) is 0 Å². The van der Waals surface area contributed by atoms with E-state index in [9.17, 15) is 14.4 Å². The lowest BCUT2D eigenvalue weighted by atomic mass is 10.1. The predicted octanol–water partition coefficient (Wildman–Crippen LogP) is 2.70. The second-order valence-electron chi connectivity index (χ2n) is 5.01. The number of rotatable bonds is 8. The summed E-state index contributed by atoms with van der Waals surface area (Å²) < 4.78 is 10.3. The molecule has 5 heteroatoms. The minimum Gasteiger partial charge on any atom is -0.463 e. The third-order valence-electron chi connectivity index (χ3n) is 2.70. The highest BCUT2D eigenvalue weighted by Gasteiger charge is 2.22. The van der Waals surface area contributed by atoms with Gasteiger partial charge in [0.1, 0.15) is 6.10 Å². The van der Waals surface area contributed by atoms with E-state index < -0.39 is 18.0 Å². The summed E-state index contributed by atoms with van der Waals surface area (Å²) in [6, 6.07) is 8.37. The van der Waals surface area contributed by atoms with Crippen molar-refractivity contribution >= 4 is 17.7 Å². The average Bonchev–Trinajstić information content (AvgIpc) is 2.46. The van der Waals surface area contributed by atoms with Gasteiger partial charge in [-0.2, -0.15) is 0 Å². The zero-order chi connectivity index (χ0) is 16.5. The molecular formula is C17H20O5. The van der Waals surface area contributed by atoms with Gasteiger partial charge in [-0.15, -0.1) is 0 Å². The Labute approximate surface area is 129 Å². The lowest BCUT2D eigenvalue weighted by Gasteiger charge is -2.17. The molecule has 0 aliphatic carbocycles. The fraction of sp³-hybridized carbons (Fsp3) is 0.353. The van der Waals surface area contributed by atoms with E-state index in [4.69, 9.17) is 9.47 Å². The van der Waals surface area contributed by atoms with Crippen molar-refractivity contribution in [3.05, 3.63) is 48.6 Å². The molecule has 0 saturated carbocycles. The minimum atomic E-state index is -0.871. The van der Waals surface area contributed by atoms with Crippen LogP contribution < -0.4 is 0 Å². The molecule has 22 heavy (non-hydrogen) atoms. The third kappa shape index (κ3) is 6.35. The van der Waals surface area contributed by atoms with Crippen molar-refractivity contribution in [2.75, 3.05) is 0 Å². The first-order valence-corrected chi connectivity index (χ1v) is 7.03. The maximum atomic E-state index is 12.0. The van der Waals surface area contributed by atoms with Crippen molar-refractivity contribution in [3.63, 3.8) is 0 Å². The lowest BCUT2D eigenvalue weighted by molar-refractivity contribution is -0.149. The van der Waals surface area contributed by atoms with Crippen LogP contribution in [0, 0.1) is 0 Å². The van der Waals surface area contributed by atoms with Crippen LogP contribution in [-0.4, -0.2) is 29.9 Å². The van der Waals surface area contributed by atoms with Crippen molar-refractivity contribution in [1.82, 2.24) is 0 Å². The quantitative estimate of drug-likeness (QED) is 0.545. The van der Waals surface area contributed by atoms with E-state index in [0.717, 1.165) is 6.08 Å². The van der Waals surface area contributed by atoms with Crippen molar-refractivity contribution < 1.29 is 23.9 Å². The van der Waals surface area contributed by atoms with Crippen LogP contribution in [0.1, 0.15) is 37.0 Å². The highest BCUT2D eigenvalue weighted by Crippen LogP contribution is 2.12. The molecule has 0 heterocycles. The number of esters is 2. The number of ether oxygens (including phenoxy) is 2. The Kier molecular flexibility index (Phi) is 7.02. The van der Waals surface area contributed by atoms with E-state index in [1.807, 2.05) is 0 Å². The molecule has 1 rings (SSSR count). The van der Waals surface area contributed by atoms with Crippen LogP contribution in [0.2, 0.25) is 0 Å². The van der Waals surface area contributed by atoms with Gasteiger partial charge in [-0.25, -0.2) is 4.79 Å². The average molecular weight is 304 g/mol. The molecule has 0 spiro atoms. The first-order valence-electron chi connectivity index (χ1n) is 7.03. The first kappa shape index (κ1) is 17.6. The Bertz CT molecular complexity index is 533. The van der Waals surface area contributed by atoms with Crippen LogP contribution in [0.3, 0.4) is 0 Å². The van der Waals surface area contributed by atoms with Gasteiger partial charge in [0, 0.05) is 6.42 Å². The summed E-state index contributed by atoms with van der Waals surface area (Å²) in [6.07, 6.45) is -0.277. The van der Waals surface area contributed by atoms with Crippen LogP contribution in [0.5, 0.6) is 0 Å². The summed E-state index contributed by atoms with van der Waals surface area (Å²) >= 11 is 0. The van der Waals surface area contributed by atoms with Crippen molar-refractivity contribution in [2.24, 2.45) is 0 Å².